The lowest BCUT2D eigenvalue weighted by atomic mass is 9.96. The van der Waals surface area contributed by atoms with Gasteiger partial charge in [0.2, 0.25) is 0 Å². The number of unbranched alkanes of at least 4 members (excludes halogenated alkanes) is 1. The van der Waals surface area contributed by atoms with Crippen molar-refractivity contribution in [1.29, 1.82) is 0 Å². The Morgan fingerprint density at radius 2 is 1.95 bits per heavy atom. The lowest BCUT2D eigenvalue weighted by Crippen LogP contribution is -2.27. The summed E-state index contributed by atoms with van der Waals surface area (Å²) in [6, 6.07) is -0.145. The second kappa shape index (κ2) is 6.74. The van der Waals surface area contributed by atoms with Gasteiger partial charge in [0.05, 0.1) is 22.7 Å². The van der Waals surface area contributed by atoms with E-state index in [-0.39, 0.29) is 6.42 Å². The molecule has 2 nitrogen and oxygen atoms in total. The van der Waals surface area contributed by atoms with Gasteiger partial charge in [0.25, 0.3) is 0 Å². The highest BCUT2D eigenvalue weighted by Gasteiger charge is 2.33. The zero-order valence-corrected chi connectivity index (χ0v) is 11.6. The van der Waals surface area contributed by atoms with Gasteiger partial charge in [-0.15, -0.1) is 0 Å². The molecule has 7 heteroatoms. The molecule has 0 aromatic heterocycles. The molecule has 0 aliphatic carbocycles. The van der Waals surface area contributed by atoms with Crippen molar-refractivity contribution in [3.05, 3.63) is 34.1 Å². The third-order valence-electron chi connectivity index (χ3n) is 3.01. The molecule has 0 saturated heterocycles. The van der Waals surface area contributed by atoms with Crippen LogP contribution in [0.3, 0.4) is 0 Å². The highest BCUT2D eigenvalue weighted by Crippen LogP contribution is 2.35. The average molecular weight is 314 g/mol. The first-order chi connectivity index (χ1) is 9.18. The Bertz CT molecular complexity index is 464. The third kappa shape index (κ3) is 4.07. The van der Waals surface area contributed by atoms with Crippen LogP contribution in [0.5, 0.6) is 0 Å². The minimum atomic E-state index is -4.65. The molecule has 0 bridgehead atoms. The van der Waals surface area contributed by atoms with Crippen LogP contribution in [0.4, 0.5) is 17.6 Å². The molecule has 0 saturated carbocycles. The number of rotatable bonds is 5. The molecule has 1 aromatic rings. The van der Waals surface area contributed by atoms with E-state index in [4.69, 9.17) is 17.3 Å². The Hall–Kier alpha value is -0.850. The first-order valence-electron chi connectivity index (χ1n) is 6.18. The topological polar surface area (TPSA) is 46.2 Å². The van der Waals surface area contributed by atoms with Crippen molar-refractivity contribution in [2.24, 2.45) is 5.73 Å². The van der Waals surface area contributed by atoms with Crippen LogP contribution in [0.1, 0.15) is 43.4 Å². The summed E-state index contributed by atoms with van der Waals surface area (Å²) in [5.74, 6) is -1.03. The summed E-state index contributed by atoms with van der Waals surface area (Å²) in [5.41, 5.74) is 4.14. The van der Waals surface area contributed by atoms with E-state index in [0.29, 0.717) is 18.6 Å². The molecular formula is C13H16ClF4NO. The monoisotopic (exact) mass is 313 g/mol. The van der Waals surface area contributed by atoms with E-state index < -0.39 is 40.3 Å². The van der Waals surface area contributed by atoms with Crippen LogP contribution < -0.4 is 5.73 Å². The predicted molar refractivity (Wildman–Crippen MR) is 68.9 cm³/mol. The van der Waals surface area contributed by atoms with E-state index in [1.165, 1.54) is 0 Å². The maximum Gasteiger partial charge on any atom is 0.416 e. The zero-order chi connectivity index (χ0) is 15.5. The Morgan fingerprint density at radius 3 is 2.45 bits per heavy atom. The van der Waals surface area contributed by atoms with E-state index in [1.54, 1.807) is 0 Å². The van der Waals surface area contributed by atoms with E-state index in [1.807, 2.05) is 6.92 Å². The van der Waals surface area contributed by atoms with Gasteiger partial charge < -0.3 is 10.8 Å². The van der Waals surface area contributed by atoms with Crippen molar-refractivity contribution in [1.82, 2.24) is 0 Å². The van der Waals surface area contributed by atoms with Crippen LogP contribution in [0.15, 0.2) is 12.1 Å². The van der Waals surface area contributed by atoms with Gasteiger partial charge >= 0.3 is 6.18 Å². The molecule has 0 radical (unpaired) electrons. The van der Waals surface area contributed by atoms with Gasteiger partial charge in [-0.1, -0.05) is 31.4 Å². The first kappa shape index (κ1) is 17.2. The molecule has 0 fully saturated rings. The lowest BCUT2D eigenvalue weighted by Gasteiger charge is -2.21. The molecule has 1 aromatic carbocycles. The van der Waals surface area contributed by atoms with Crippen LogP contribution in [-0.2, 0) is 6.18 Å². The van der Waals surface area contributed by atoms with Crippen molar-refractivity contribution < 1.29 is 22.7 Å². The largest absolute Gasteiger partial charge is 0.416 e. The maximum atomic E-state index is 13.8. The summed E-state index contributed by atoms with van der Waals surface area (Å²) in [5, 5.41) is 9.14. The first-order valence-corrected chi connectivity index (χ1v) is 6.56. The SMILES string of the molecule is CCCC[C@@H](O)[C@@H](N)c1cc(C(F)(F)F)cc(Cl)c1F. The second-order valence-corrected chi connectivity index (χ2v) is 5.00. The van der Waals surface area contributed by atoms with Gasteiger partial charge in [-0.3, -0.25) is 0 Å². The van der Waals surface area contributed by atoms with Crippen LogP contribution in [0.2, 0.25) is 5.02 Å². The van der Waals surface area contributed by atoms with Crippen molar-refractivity contribution >= 4 is 11.6 Å². The van der Waals surface area contributed by atoms with Crippen molar-refractivity contribution in [3.8, 4) is 0 Å². The summed E-state index contributed by atoms with van der Waals surface area (Å²) >= 11 is 5.47. The molecular weight excluding hydrogens is 298 g/mol. The molecule has 20 heavy (non-hydrogen) atoms. The van der Waals surface area contributed by atoms with E-state index in [9.17, 15) is 22.7 Å². The quantitative estimate of drug-likeness (QED) is 0.806. The summed E-state index contributed by atoms with van der Waals surface area (Å²) < 4.78 is 51.8. The van der Waals surface area contributed by atoms with Crippen molar-refractivity contribution in [2.45, 2.75) is 44.5 Å². The molecule has 2 atom stereocenters. The number of halogens is 5. The standard InChI is InChI=1S/C13H16ClF4NO/c1-2-3-4-10(20)12(19)8-5-7(13(16,17)18)6-9(14)11(8)15/h5-6,10,12,20H,2-4,19H2,1H3/t10-,12+/m1/s1. The zero-order valence-electron chi connectivity index (χ0n) is 10.8. The van der Waals surface area contributed by atoms with E-state index in [0.717, 1.165) is 6.42 Å². The predicted octanol–water partition coefficient (Wildman–Crippen LogP) is 4.05. The van der Waals surface area contributed by atoms with Crippen molar-refractivity contribution in [3.63, 3.8) is 0 Å². The normalized spacial score (nSPS) is 15.2. The third-order valence-corrected chi connectivity index (χ3v) is 3.29. The summed E-state index contributed by atoms with van der Waals surface area (Å²) in [6.07, 6.45) is -4.06. The van der Waals surface area contributed by atoms with Gasteiger partial charge in [-0.05, 0) is 18.6 Å². The minimum absolute atomic E-state index is 0.283. The fourth-order valence-corrected chi connectivity index (χ4v) is 2.04. The molecule has 0 unspecified atom stereocenters. The molecule has 114 valence electrons. The smallest absolute Gasteiger partial charge is 0.391 e. The number of aliphatic hydroxyl groups excluding tert-OH is 1. The minimum Gasteiger partial charge on any atom is -0.391 e. The number of benzene rings is 1. The van der Waals surface area contributed by atoms with E-state index >= 15 is 0 Å². The average Bonchev–Trinajstić information content (AvgIpc) is 2.36. The molecule has 0 heterocycles. The van der Waals surface area contributed by atoms with Gasteiger partial charge in [-0.25, -0.2) is 4.39 Å². The molecule has 1 rings (SSSR count). The number of hydrogen-bond acceptors (Lipinski definition) is 2. The summed E-state index contributed by atoms with van der Waals surface area (Å²) in [6.45, 7) is 1.89. The van der Waals surface area contributed by atoms with Crippen LogP contribution >= 0.6 is 11.6 Å². The lowest BCUT2D eigenvalue weighted by molar-refractivity contribution is -0.137. The molecule has 0 amide bonds. The van der Waals surface area contributed by atoms with E-state index in [2.05, 4.69) is 0 Å². The summed E-state index contributed by atoms with van der Waals surface area (Å²) in [7, 11) is 0. The highest BCUT2D eigenvalue weighted by molar-refractivity contribution is 6.30. The number of hydrogen-bond donors (Lipinski definition) is 2. The highest BCUT2D eigenvalue weighted by atomic mass is 35.5. The fourth-order valence-electron chi connectivity index (χ4n) is 1.82. The van der Waals surface area contributed by atoms with Crippen LogP contribution in [0, 0.1) is 5.82 Å². The van der Waals surface area contributed by atoms with Gasteiger partial charge in [-0.2, -0.15) is 13.2 Å². The van der Waals surface area contributed by atoms with Gasteiger partial charge in [0.1, 0.15) is 5.82 Å². The van der Waals surface area contributed by atoms with Crippen LogP contribution in [0.25, 0.3) is 0 Å². The molecule has 0 spiro atoms. The second-order valence-electron chi connectivity index (χ2n) is 4.59. The number of nitrogens with two attached hydrogens (primary N) is 1. The Morgan fingerprint density at radius 1 is 1.35 bits per heavy atom. The number of alkyl halides is 3. The Balaban J connectivity index is 3.13. The number of aliphatic hydroxyl groups is 1. The maximum absolute atomic E-state index is 13.8. The Labute approximate surface area is 119 Å². The van der Waals surface area contributed by atoms with Crippen LogP contribution in [-0.4, -0.2) is 11.2 Å². The molecule has 3 N–H and O–H groups in total. The summed E-state index contributed by atoms with van der Waals surface area (Å²) in [4.78, 5) is 0. The van der Waals surface area contributed by atoms with Gasteiger partial charge in [0.15, 0.2) is 0 Å². The van der Waals surface area contributed by atoms with Crippen molar-refractivity contribution in [2.75, 3.05) is 0 Å². The molecule has 0 aliphatic heterocycles. The fraction of sp³-hybridized carbons (Fsp3) is 0.538. The Kier molecular flexibility index (Phi) is 5.79. The van der Waals surface area contributed by atoms with Gasteiger partial charge in [0, 0.05) is 5.56 Å². The molecule has 0 aliphatic rings.